The third-order valence-electron chi connectivity index (χ3n) is 6.62. The molecule has 9 nitrogen and oxygen atoms in total. The highest BCUT2D eigenvalue weighted by Crippen LogP contribution is 2.38. The van der Waals surface area contributed by atoms with Crippen molar-refractivity contribution in [2.24, 2.45) is 0 Å². The van der Waals surface area contributed by atoms with E-state index in [4.69, 9.17) is 0 Å². The number of pyridine rings is 1. The van der Waals surface area contributed by atoms with Crippen molar-refractivity contribution >= 4 is 16.5 Å². The molecule has 0 saturated carbocycles. The van der Waals surface area contributed by atoms with Crippen LogP contribution in [0.5, 0.6) is 0 Å². The van der Waals surface area contributed by atoms with Gasteiger partial charge in [0.25, 0.3) is 11.1 Å². The monoisotopic (exact) mass is 618 g/mol. The van der Waals surface area contributed by atoms with Gasteiger partial charge >= 0.3 is 12.4 Å². The van der Waals surface area contributed by atoms with E-state index >= 15 is 0 Å². The molecule has 17 heteroatoms. The molecule has 0 saturated heterocycles. The summed E-state index contributed by atoms with van der Waals surface area (Å²) in [6.07, 6.45) is -8.79. The number of fused-ring (bicyclic) bond motifs is 1. The number of aliphatic hydroxyl groups is 1. The minimum Gasteiger partial charge on any atom is -0.381 e. The molecule has 0 radical (unpaired) electrons. The fraction of sp³-hybridized carbons (Fsp3) is 0.346. The van der Waals surface area contributed by atoms with Crippen LogP contribution in [0.1, 0.15) is 31.4 Å². The van der Waals surface area contributed by atoms with E-state index in [0.29, 0.717) is 19.3 Å². The molecule has 3 atom stereocenters. The standard InChI is InChI=1S/C26H22F8N6O3/c1-12(38-19-10-37-39-22(41)20(19)25(29,30)31)5-15(27)11-40-4-3-13-6-17(18(28)7-16(13)23(40)42)21-35-8-14(9-36-21)24(2,43)26(32,33)34/h3-4,6-10,12,15,43H,5,11H2,1-2H3,(H2,38,39,41)/t12-,15-,24-/m1/s1. The van der Waals surface area contributed by atoms with Crippen LogP contribution in [0.2, 0.25) is 0 Å². The van der Waals surface area contributed by atoms with Crippen LogP contribution in [-0.4, -0.2) is 48.2 Å². The summed E-state index contributed by atoms with van der Waals surface area (Å²) in [5, 5.41) is 17.2. The van der Waals surface area contributed by atoms with Crippen LogP contribution in [-0.2, 0) is 18.3 Å². The minimum atomic E-state index is -5.02. The van der Waals surface area contributed by atoms with E-state index in [1.54, 1.807) is 5.10 Å². The molecular formula is C26H22F8N6O3. The van der Waals surface area contributed by atoms with Gasteiger partial charge in [-0.1, -0.05) is 0 Å². The third-order valence-corrected chi connectivity index (χ3v) is 6.62. The molecule has 0 aliphatic heterocycles. The van der Waals surface area contributed by atoms with Gasteiger partial charge in [0.2, 0.25) is 0 Å². The Morgan fingerprint density at radius 2 is 1.72 bits per heavy atom. The average Bonchev–Trinajstić information content (AvgIpc) is 2.89. The lowest BCUT2D eigenvalue weighted by Crippen LogP contribution is -2.39. The number of aromatic nitrogens is 5. The first-order valence-corrected chi connectivity index (χ1v) is 12.4. The van der Waals surface area contributed by atoms with E-state index in [-0.39, 0.29) is 28.6 Å². The Balaban J connectivity index is 1.52. The summed E-state index contributed by atoms with van der Waals surface area (Å²) in [4.78, 5) is 32.0. The number of hydrogen-bond acceptors (Lipinski definition) is 7. The highest BCUT2D eigenvalue weighted by molar-refractivity contribution is 5.86. The predicted octanol–water partition coefficient (Wildman–Crippen LogP) is 4.70. The topological polar surface area (TPSA) is 126 Å². The zero-order valence-electron chi connectivity index (χ0n) is 22.2. The fourth-order valence-corrected chi connectivity index (χ4v) is 4.29. The highest BCUT2D eigenvalue weighted by atomic mass is 19.4. The molecule has 3 aromatic heterocycles. The minimum absolute atomic E-state index is 0.164. The fourth-order valence-electron chi connectivity index (χ4n) is 4.29. The quantitative estimate of drug-likeness (QED) is 0.245. The van der Waals surface area contributed by atoms with Crippen LogP contribution in [0.25, 0.3) is 22.2 Å². The number of hydrogen-bond donors (Lipinski definition) is 3. The number of H-pyrrole nitrogens is 1. The molecule has 0 bridgehead atoms. The van der Waals surface area contributed by atoms with Gasteiger partial charge in [-0.05, 0) is 37.4 Å². The molecule has 230 valence electrons. The van der Waals surface area contributed by atoms with Crippen molar-refractivity contribution in [3.63, 3.8) is 0 Å². The normalized spacial score (nSPS) is 15.2. The number of halogens is 8. The van der Waals surface area contributed by atoms with E-state index in [2.05, 4.69) is 20.4 Å². The Morgan fingerprint density at radius 1 is 1.07 bits per heavy atom. The number of alkyl halides is 7. The lowest BCUT2D eigenvalue weighted by atomic mass is 9.98. The maximum Gasteiger partial charge on any atom is 0.423 e. The van der Waals surface area contributed by atoms with Crippen LogP contribution < -0.4 is 16.4 Å². The largest absolute Gasteiger partial charge is 0.423 e. The number of rotatable bonds is 8. The molecular weight excluding hydrogens is 596 g/mol. The van der Waals surface area contributed by atoms with E-state index in [1.165, 1.54) is 25.3 Å². The summed E-state index contributed by atoms with van der Waals surface area (Å²) < 4.78 is 110. The molecule has 4 rings (SSSR count). The van der Waals surface area contributed by atoms with Gasteiger partial charge in [0.1, 0.15) is 17.6 Å². The van der Waals surface area contributed by atoms with Crippen LogP contribution in [0, 0.1) is 5.82 Å². The molecule has 1 aromatic carbocycles. The molecule has 0 fully saturated rings. The zero-order chi connectivity index (χ0) is 31.9. The molecule has 3 N–H and O–H groups in total. The molecule has 0 aliphatic rings. The van der Waals surface area contributed by atoms with Crippen molar-refractivity contribution in [3.05, 3.63) is 80.6 Å². The van der Waals surface area contributed by atoms with Crippen molar-refractivity contribution < 1.29 is 40.2 Å². The van der Waals surface area contributed by atoms with Gasteiger partial charge in [-0.2, -0.15) is 31.4 Å². The highest BCUT2D eigenvalue weighted by Gasteiger charge is 2.51. The smallest absolute Gasteiger partial charge is 0.381 e. The van der Waals surface area contributed by atoms with Crippen molar-refractivity contribution in [3.8, 4) is 11.4 Å². The summed E-state index contributed by atoms with van der Waals surface area (Å²) in [5.74, 6) is -1.32. The van der Waals surface area contributed by atoms with E-state index < -0.39 is 70.5 Å². The number of anilines is 1. The van der Waals surface area contributed by atoms with Gasteiger partial charge in [-0.15, -0.1) is 0 Å². The van der Waals surface area contributed by atoms with Gasteiger partial charge < -0.3 is 15.0 Å². The second-order valence-electron chi connectivity index (χ2n) is 9.92. The summed E-state index contributed by atoms with van der Waals surface area (Å²) in [7, 11) is 0. The van der Waals surface area contributed by atoms with Crippen molar-refractivity contribution in [1.82, 2.24) is 24.7 Å². The summed E-state index contributed by atoms with van der Waals surface area (Å²) in [5.41, 5.74) is -8.60. The van der Waals surface area contributed by atoms with Crippen LogP contribution >= 0.6 is 0 Å². The zero-order valence-corrected chi connectivity index (χ0v) is 22.2. The molecule has 0 aliphatic carbocycles. The second kappa shape index (κ2) is 11.3. The molecule has 3 heterocycles. The molecule has 0 spiro atoms. The second-order valence-corrected chi connectivity index (χ2v) is 9.92. The first-order valence-electron chi connectivity index (χ1n) is 12.4. The van der Waals surface area contributed by atoms with Gasteiger partial charge in [0, 0.05) is 36.6 Å². The van der Waals surface area contributed by atoms with Crippen molar-refractivity contribution in [2.75, 3.05) is 5.32 Å². The molecule has 0 unspecified atom stereocenters. The van der Waals surface area contributed by atoms with Gasteiger partial charge in [-0.3, -0.25) is 9.59 Å². The Kier molecular flexibility index (Phi) is 8.32. The number of benzene rings is 1. The average molecular weight is 618 g/mol. The Bertz CT molecular complexity index is 1750. The maximum atomic E-state index is 15.0. The third kappa shape index (κ3) is 6.50. The lowest BCUT2D eigenvalue weighted by Gasteiger charge is -2.25. The van der Waals surface area contributed by atoms with Crippen molar-refractivity contribution in [1.29, 1.82) is 0 Å². The lowest BCUT2D eigenvalue weighted by molar-refractivity contribution is -0.259. The summed E-state index contributed by atoms with van der Waals surface area (Å²) >= 11 is 0. The summed E-state index contributed by atoms with van der Waals surface area (Å²) in [6.45, 7) is 1.35. The van der Waals surface area contributed by atoms with Crippen LogP contribution in [0.4, 0.5) is 40.8 Å². The maximum absolute atomic E-state index is 15.0. The Hall–Kier alpha value is -4.41. The van der Waals surface area contributed by atoms with E-state index in [0.717, 1.165) is 16.8 Å². The SMILES string of the molecule is C[C@H](C[C@@H](F)Cn1ccc2cc(-c3ncc([C@@](C)(O)C(F)(F)F)cn3)c(F)cc2c1=O)Nc1cn[nH]c(=O)c1C(F)(F)F. The van der Waals surface area contributed by atoms with Crippen molar-refractivity contribution in [2.45, 2.75) is 57.0 Å². The summed E-state index contributed by atoms with van der Waals surface area (Å²) in [6, 6.07) is 2.44. The molecule has 43 heavy (non-hydrogen) atoms. The number of nitrogens with one attached hydrogen (secondary N) is 2. The first-order chi connectivity index (χ1) is 19.9. The Morgan fingerprint density at radius 3 is 2.33 bits per heavy atom. The first kappa shape index (κ1) is 31.5. The van der Waals surface area contributed by atoms with Gasteiger partial charge in [0.15, 0.2) is 11.4 Å². The Labute approximate surface area is 236 Å². The molecule has 0 amide bonds. The van der Waals surface area contributed by atoms with Gasteiger partial charge in [-0.25, -0.2) is 23.8 Å². The number of nitrogens with zero attached hydrogens (tertiary/aromatic N) is 4. The van der Waals surface area contributed by atoms with Gasteiger partial charge in [0.05, 0.1) is 29.4 Å². The molecule has 4 aromatic rings. The predicted molar refractivity (Wildman–Crippen MR) is 137 cm³/mol. The van der Waals surface area contributed by atoms with E-state index in [1.807, 2.05) is 0 Å². The van der Waals surface area contributed by atoms with Crippen LogP contribution in [0.15, 0.2) is 52.6 Å². The number of aromatic amines is 1. The van der Waals surface area contributed by atoms with Crippen LogP contribution in [0.3, 0.4) is 0 Å². The van der Waals surface area contributed by atoms with E-state index in [9.17, 15) is 49.8 Å².